The summed E-state index contributed by atoms with van der Waals surface area (Å²) < 4.78 is 32.5. The van der Waals surface area contributed by atoms with E-state index in [9.17, 15) is 13.2 Å². The number of ether oxygens (including phenoxy) is 1. The van der Waals surface area contributed by atoms with Gasteiger partial charge in [-0.2, -0.15) is 0 Å². The summed E-state index contributed by atoms with van der Waals surface area (Å²) in [5.41, 5.74) is 0.321. The lowest BCUT2D eigenvalue weighted by atomic mass is 10.1. The molecule has 1 aromatic carbocycles. The standard InChI is InChI=1S/C16H24N2O4S/c1-11(2)18-23(20,21)15-10-12(8-9-14(15)22-3)16(19)17-13-6-4-5-7-13/h8-11,13,18H,4-7H2,1-3H3,(H,17,19). The Kier molecular flexibility index (Phi) is 5.64. The van der Waals surface area contributed by atoms with Gasteiger partial charge in [0.1, 0.15) is 10.6 Å². The van der Waals surface area contributed by atoms with Crippen LogP contribution in [-0.4, -0.2) is 33.5 Å². The number of hydrogen-bond acceptors (Lipinski definition) is 4. The van der Waals surface area contributed by atoms with Crippen LogP contribution in [0, 0.1) is 0 Å². The highest BCUT2D eigenvalue weighted by Crippen LogP contribution is 2.25. The number of nitrogens with one attached hydrogen (secondary N) is 2. The quantitative estimate of drug-likeness (QED) is 0.830. The minimum absolute atomic E-state index is 0.0206. The van der Waals surface area contributed by atoms with E-state index < -0.39 is 10.0 Å². The van der Waals surface area contributed by atoms with Gasteiger partial charge in [0.15, 0.2) is 0 Å². The zero-order chi connectivity index (χ0) is 17.0. The third-order valence-electron chi connectivity index (χ3n) is 3.80. The summed E-state index contributed by atoms with van der Waals surface area (Å²) in [7, 11) is -2.34. The van der Waals surface area contributed by atoms with Crippen molar-refractivity contribution in [1.82, 2.24) is 10.0 Å². The number of carbonyl (C=O) groups is 1. The van der Waals surface area contributed by atoms with Gasteiger partial charge in [0, 0.05) is 17.6 Å². The Morgan fingerprint density at radius 3 is 2.48 bits per heavy atom. The van der Waals surface area contributed by atoms with Crippen LogP contribution in [0.2, 0.25) is 0 Å². The van der Waals surface area contributed by atoms with E-state index in [1.54, 1.807) is 19.9 Å². The van der Waals surface area contributed by atoms with E-state index in [1.807, 2.05) is 0 Å². The molecule has 1 saturated carbocycles. The molecule has 0 heterocycles. The van der Waals surface area contributed by atoms with Crippen molar-refractivity contribution in [1.29, 1.82) is 0 Å². The molecule has 1 aliphatic carbocycles. The lowest BCUT2D eigenvalue weighted by Gasteiger charge is -2.15. The van der Waals surface area contributed by atoms with Crippen molar-refractivity contribution >= 4 is 15.9 Å². The van der Waals surface area contributed by atoms with Gasteiger partial charge in [-0.15, -0.1) is 0 Å². The van der Waals surface area contributed by atoms with Gasteiger partial charge in [-0.1, -0.05) is 12.8 Å². The molecule has 1 amide bonds. The molecule has 2 N–H and O–H groups in total. The molecule has 1 aliphatic rings. The maximum absolute atomic E-state index is 12.4. The molecule has 0 aromatic heterocycles. The molecule has 0 spiro atoms. The number of carbonyl (C=O) groups excluding carboxylic acids is 1. The Morgan fingerprint density at radius 2 is 1.91 bits per heavy atom. The number of methoxy groups -OCH3 is 1. The monoisotopic (exact) mass is 340 g/mol. The summed E-state index contributed by atoms with van der Waals surface area (Å²) in [5.74, 6) is -0.0314. The fourth-order valence-corrected chi connectivity index (χ4v) is 4.19. The van der Waals surface area contributed by atoms with Crippen LogP contribution in [0.4, 0.5) is 0 Å². The highest BCUT2D eigenvalue weighted by atomic mass is 32.2. The lowest BCUT2D eigenvalue weighted by molar-refractivity contribution is 0.0937. The molecule has 128 valence electrons. The topological polar surface area (TPSA) is 84.5 Å². The van der Waals surface area contributed by atoms with Crippen molar-refractivity contribution in [2.45, 2.75) is 56.5 Å². The normalized spacial score (nSPS) is 15.8. The number of sulfonamides is 1. The van der Waals surface area contributed by atoms with Gasteiger partial charge < -0.3 is 10.1 Å². The van der Waals surface area contributed by atoms with Crippen LogP contribution in [0.1, 0.15) is 49.9 Å². The molecule has 0 radical (unpaired) electrons. The number of rotatable bonds is 6. The fourth-order valence-electron chi connectivity index (χ4n) is 2.74. The van der Waals surface area contributed by atoms with Crippen LogP contribution in [0.3, 0.4) is 0 Å². The molecule has 0 unspecified atom stereocenters. The van der Waals surface area contributed by atoms with E-state index in [0.29, 0.717) is 5.56 Å². The Bertz CT molecular complexity index is 665. The minimum Gasteiger partial charge on any atom is -0.495 e. The molecule has 0 atom stereocenters. The average Bonchev–Trinajstić information content (AvgIpc) is 2.98. The first-order valence-corrected chi connectivity index (χ1v) is 9.33. The molecule has 6 nitrogen and oxygen atoms in total. The molecule has 23 heavy (non-hydrogen) atoms. The summed E-state index contributed by atoms with van der Waals surface area (Å²) in [6.45, 7) is 3.47. The maximum Gasteiger partial charge on any atom is 0.251 e. The first-order chi connectivity index (χ1) is 10.8. The smallest absolute Gasteiger partial charge is 0.251 e. The van der Waals surface area contributed by atoms with Gasteiger partial charge in [-0.05, 0) is 44.9 Å². The van der Waals surface area contributed by atoms with E-state index in [4.69, 9.17) is 4.74 Å². The van der Waals surface area contributed by atoms with Crippen molar-refractivity contribution in [2.24, 2.45) is 0 Å². The van der Waals surface area contributed by atoms with E-state index in [0.717, 1.165) is 25.7 Å². The number of hydrogen-bond donors (Lipinski definition) is 2. The lowest BCUT2D eigenvalue weighted by Crippen LogP contribution is -2.33. The van der Waals surface area contributed by atoms with Crippen molar-refractivity contribution in [2.75, 3.05) is 7.11 Å². The van der Waals surface area contributed by atoms with Crippen LogP contribution in [0.25, 0.3) is 0 Å². The Hall–Kier alpha value is -1.60. The highest BCUT2D eigenvalue weighted by molar-refractivity contribution is 7.89. The number of benzene rings is 1. The zero-order valence-electron chi connectivity index (χ0n) is 13.8. The van der Waals surface area contributed by atoms with Crippen LogP contribution in [0.5, 0.6) is 5.75 Å². The van der Waals surface area contributed by atoms with E-state index >= 15 is 0 Å². The number of amides is 1. The molecule has 1 fully saturated rings. The van der Waals surface area contributed by atoms with Gasteiger partial charge in [0.05, 0.1) is 7.11 Å². The third kappa shape index (κ3) is 4.45. The van der Waals surface area contributed by atoms with Crippen molar-refractivity contribution in [3.8, 4) is 5.75 Å². The second-order valence-corrected chi connectivity index (χ2v) is 7.78. The first-order valence-electron chi connectivity index (χ1n) is 7.84. The van der Waals surface area contributed by atoms with E-state index in [1.165, 1.54) is 19.2 Å². The van der Waals surface area contributed by atoms with Gasteiger partial charge in [-0.25, -0.2) is 13.1 Å². The second-order valence-electron chi connectivity index (χ2n) is 6.10. The first kappa shape index (κ1) is 17.7. The molecule has 1 aromatic rings. The maximum atomic E-state index is 12.4. The third-order valence-corrected chi connectivity index (χ3v) is 5.48. The molecular weight excluding hydrogens is 316 g/mol. The Morgan fingerprint density at radius 1 is 1.26 bits per heavy atom. The van der Waals surface area contributed by atoms with Gasteiger partial charge in [0.25, 0.3) is 5.91 Å². The fraction of sp³-hybridized carbons (Fsp3) is 0.562. The molecule has 0 bridgehead atoms. The predicted octanol–water partition coefficient (Wildman–Crippen LogP) is 2.05. The zero-order valence-corrected chi connectivity index (χ0v) is 14.6. The van der Waals surface area contributed by atoms with E-state index in [2.05, 4.69) is 10.0 Å². The molecule has 0 saturated heterocycles. The van der Waals surface area contributed by atoms with Crippen LogP contribution >= 0.6 is 0 Å². The highest BCUT2D eigenvalue weighted by Gasteiger charge is 2.24. The second kappa shape index (κ2) is 7.31. The molecule has 7 heteroatoms. The van der Waals surface area contributed by atoms with Crippen LogP contribution in [-0.2, 0) is 10.0 Å². The minimum atomic E-state index is -3.74. The summed E-state index contributed by atoms with van der Waals surface area (Å²) >= 11 is 0. The summed E-state index contributed by atoms with van der Waals surface area (Å²) in [4.78, 5) is 12.3. The molecular formula is C16H24N2O4S. The SMILES string of the molecule is COc1ccc(C(=O)NC2CCCC2)cc1S(=O)(=O)NC(C)C. The average molecular weight is 340 g/mol. The van der Waals surface area contributed by atoms with E-state index in [-0.39, 0.29) is 28.6 Å². The summed E-state index contributed by atoms with van der Waals surface area (Å²) in [5, 5.41) is 2.96. The van der Waals surface area contributed by atoms with Gasteiger partial charge >= 0.3 is 0 Å². The summed E-state index contributed by atoms with van der Waals surface area (Å²) in [6, 6.07) is 4.39. The van der Waals surface area contributed by atoms with Gasteiger partial charge in [0.2, 0.25) is 10.0 Å². The molecule has 2 rings (SSSR count). The Balaban J connectivity index is 2.29. The van der Waals surface area contributed by atoms with Crippen molar-refractivity contribution < 1.29 is 17.9 Å². The van der Waals surface area contributed by atoms with Crippen LogP contribution < -0.4 is 14.8 Å². The summed E-state index contributed by atoms with van der Waals surface area (Å²) in [6.07, 6.45) is 4.18. The predicted molar refractivity (Wildman–Crippen MR) is 88.2 cm³/mol. The Labute approximate surface area is 137 Å². The van der Waals surface area contributed by atoms with Gasteiger partial charge in [-0.3, -0.25) is 4.79 Å². The van der Waals surface area contributed by atoms with Crippen LogP contribution in [0.15, 0.2) is 23.1 Å². The van der Waals surface area contributed by atoms with Crippen molar-refractivity contribution in [3.05, 3.63) is 23.8 Å². The molecule has 0 aliphatic heterocycles. The largest absolute Gasteiger partial charge is 0.495 e. The van der Waals surface area contributed by atoms with Crippen molar-refractivity contribution in [3.63, 3.8) is 0 Å².